The van der Waals surface area contributed by atoms with Crippen LogP contribution in [0.4, 0.5) is 0 Å². The van der Waals surface area contributed by atoms with Gasteiger partial charge in [0.25, 0.3) is 0 Å². The predicted octanol–water partition coefficient (Wildman–Crippen LogP) is 5.82. The third-order valence-electron chi connectivity index (χ3n) is 4.18. The summed E-state index contributed by atoms with van der Waals surface area (Å²) in [5, 5.41) is 3.39. The van der Waals surface area contributed by atoms with Gasteiger partial charge in [-0.3, -0.25) is 0 Å². The second kappa shape index (κ2) is 8.57. The molecule has 0 heterocycles. The highest BCUT2D eigenvalue weighted by Crippen LogP contribution is 2.34. The molecule has 122 valence electrons. The molecule has 1 fully saturated rings. The van der Waals surface area contributed by atoms with Crippen molar-refractivity contribution in [3.63, 3.8) is 0 Å². The molecule has 0 atom stereocenters. The maximum atomic E-state index is 4.04. The molecule has 0 amide bonds. The molecule has 0 spiro atoms. The van der Waals surface area contributed by atoms with E-state index in [1.54, 1.807) is 0 Å². The van der Waals surface area contributed by atoms with Crippen LogP contribution in [0.3, 0.4) is 0 Å². The molecule has 0 radical (unpaired) electrons. The van der Waals surface area contributed by atoms with Gasteiger partial charge in [-0.25, -0.2) is 0 Å². The standard InChI is InChI=1S/C13H17N.C9H12/c1-10-3-5-12(6-4-10)9-14-11(2)13-7-8-13;1-8(2)9-6-4-3-5-7-9/h3-6,13-14H,2,7-9H2,1H3;3-8H,1-2H3. The van der Waals surface area contributed by atoms with Gasteiger partial charge in [0.05, 0.1) is 0 Å². The number of benzene rings is 2. The second-order valence-electron chi connectivity index (χ2n) is 6.70. The summed E-state index contributed by atoms with van der Waals surface area (Å²) in [7, 11) is 0. The van der Waals surface area contributed by atoms with E-state index in [9.17, 15) is 0 Å². The SMILES string of the molecule is C=C(NCc1ccc(C)cc1)C1CC1.CC(C)c1ccccc1. The van der Waals surface area contributed by atoms with Crippen LogP contribution >= 0.6 is 0 Å². The van der Waals surface area contributed by atoms with Gasteiger partial charge in [0, 0.05) is 12.2 Å². The van der Waals surface area contributed by atoms with Crippen LogP contribution in [0.1, 0.15) is 49.3 Å². The monoisotopic (exact) mass is 307 g/mol. The normalized spacial score (nSPS) is 13.2. The Morgan fingerprint density at radius 2 is 1.65 bits per heavy atom. The predicted molar refractivity (Wildman–Crippen MR) is 100 cm³/mol. The molecule has 0 aliphatic heterocycles. The first-order valence-corrected chi connectivity index (χ1v) is 8.59. The summed E-state index contributed by atoms with van der Waals surface area (Å²) in [5.74, 6) is 1.41. The lowest BCUT2D eigenvalue weighted by molar-refractivity contribution is 0.747. The molecule has 23 heavy (non-hydrogen) atoms. The highest BCUT2D eigenvalue weighted by molar-refractivity contribution is 5.22. The van der Waals surface area contributed by atoms with Crippen LogP contribution in [0.5, 0.6) is 0 Å². The van der Waals surface area contributed by atoms with E-state index >= 15 is 0 Å². The largest absolute Gasteiger partial charge is 0.385 e. The zero-order valence-electron chi connectivity index (χ0n) is 14.7. The molecule has 1 heteroatoms. The molecule has 0 saturated heterocycles. The Labute approximate surface area is 141 Å². The zero-order chi connectivity index (χ0) is 16.7. The minimum absolute atomic E-state index is 0.659. The van der Waals surface area contributed by atoms with Crippen molar-refractivity contribution in [3.8, 4) is 0 Å². The molecule has 1 aliphatic carbocycles. The summed E-state index contributed by atoms with van der Waals surface area (Å²) < 4.78 is 0. The summed E-state index contributed by atoms with van der Waals surface area (Å²) >= 11 is 0. The Bertz CT molecular complexity index is 592. The van der Waals surface area contributed by atoms with Crippen LogP contribution < -0.4 is 5.32 Å². The van der Waals surface area contributed by atoms with Crippen molar-refractivity contribution >= 4 is 0 Å². The van der Waals surface area contributed by atoms with Crippen molar-refractivity contribution in [2.24, 2.45) is 5.92 Å². The van der Waals surface area contributed by atoms with Crippen molar-refractivity contribution in [2.45, 2.75) is 46.1 Å². The Kier molecular flexibility index (Phi) is 6.46. The first-order valence-electron chi connectivity index (χ1n) is 8.59. The lowest BCUT2D eigenvalue weighted by Gasteiger charge is -2.08. The van der Waals surface area contributed by atoms with Gasteiger partial charge in [0.1, 0.15) is 0 Å². The molecule has 0 bridgehead atoms. The lowest BCUT2D eigenvalue weighted by atomic mass is 10.0. The number of rotatable bonds is 5. The van der Waals surface area contributed by atoms with Crippen molar-refractivity contribution in [2.75, 3.05) is 0 Å². The van der Waals surface area contributed by atoms with Crippen LogP contribution in [0, 0.1) is 12.8 Å². The van der Waals surface area contributed by atoms with Gasteiger partial charge in [-0.1, -0.05) is 80.6 Å². The molecule has 0 unspecified atom stereocenters. The molecule has 2 aromatic rings. The van der Waals surface area contributed by atoms with Gasteiger partial charge >= 0.3 is 0 Å². The second-order valence-corrected chi connectivity index (χ2v) is 6.70. The van der Waals surface area contributed by atoms with Crippen LogP contribution in [-0.4, -0.2) is 0 Å². The van der Waals surface area contributed by atoms with Crippen LogP contribution in [-0.2, 0) is 6.54 Å². The van der Waals surface area contributed by atoms with Gasteiger partial charge in [0.15, 0.2) is 0 Å². The number of nitrogens with one attached hydrogen (secondary N) is 1. The highest BCUT2D eigenvalue weighted by atomic mass is 14.9. The topological polar surface area (TPSA) is 12.0 Å². The van der Waals surface area contributed by atoms with Gasteiger partial charge in [-0.05, 0) is 42.7 Å². The van der Waals surface area contributed by atoms with E-state index < -0.39 is 0 Å². The minimum Gasteiger partial charge on any atom is -0.385 e. The highest BCUT2D eigenvalue weighted by Gasteiger charge is 2.24. The molecule has 0 aromatic heterocycles. The van der Waals surface area contributed by atoms with Crippen molar-refractivity contribution in [1.29, 1.82) is 0 Å². The van der Waals surface area contributed by atoms with Gasteiger partial charge in [0.2, 0.25) is 0 Å². The number of allylic oxidation sites excluding steroid dienone is 1. The van der Waals surface area contributed by atoms with Crippen molar-refractivity contribution in [3.05, 3.63) is 83.6 Å². The number of aryl methyl sites for hydroxylation is 1. The van der Waals surface area contributed by atoms with Crippen molar-refractivity contribution < 1.29 is 0 Å². The molecular weight excluding hydrogens is 278 g/mol. The lowest BCUT2D eigenvalue weighted by Crippen LogP contribution is -2.12. The quantitative estimate of drug-likeness (QED) is 0.734. The van der Waals surface area contributed by atoms with E-state index in [0.717, 1.165) is 12.5 Å². The maximum Gasteiger partial charge on any atom is 0.0397 e. The fraction of sp³-hybridized carbons (Fsp3) is 0.364. The smallest absolute Gasteiger partial charge is 0.0397 e. The maximum absolute atomic E-state index is 4.04. The Hall–Kier alpha value is -2.02. The van der Waals surface area contributed by atoms with E-state index in [4.69, 9.17) is 0 Å². The van der Waals surface area contributed by atoms with Crippen molar-refractivity contribution in [1.82, 2.24) is 5.32 Å². The fourth-order valence-corrected chi connectivity index (χ4v) is 2.34. The third kappa shape index (κ3) is 6.32. The molecular formula is C22H29N. The third-order valence-corrected chi connectivity index (χ3v) is 4.18. The van der Waals surface area contributed by atoms with E-state index in [-0.39, 0.29) is 0 Å². The zero-order valence-corrected chi connectivity index (χ0v) is 14.7. The first kappa shape index (κ1) is 17.3. The molecule has 1 N–H and O–H groups in total. The summed E-state index contributed by atoms with van der Waals surface area (Å²) in [5.41, 5.74) is 5.27. The Morgan fingerprint density at radius 3 is 2.13 bits per heavy atom. The Morgan fingerprint density at radius 1 is 1.04 bits per heavy atom. The molecule has 3 rings (SSSR count). The van der Waals surface area contributed by atoms with Gasteiger partial charge in [-0.15, -0.1) is 0 Å². The number of hydrogen-bond acceptors (Lipinski definition) is 1. The molecule has 1 aliphatic rings. The first-order chi connectivity index (χ1) is 11.1. The summed E-state index contributed by atoms with van der Waals surface area (Å²) in [6.45, 7) is 11.5. The minimum atomic E-state index is 0.659. The van der Waals surface area contributed by atoms with Gasteiger partial charge in [-0.2, -0.15) is 0 Å². The average Bonchev–Trinajstić information content (AvgIpc) is 3.40. The van der Waals surface area contributed by atoms with Crippen LogP contribution in [0.25, 0.3) is 0 Å². The average molecular weight is 307 g/mol. The molecule has 1 saturated carbocycles. The Balaban J connectivity index is 0.000000185. The van der Waals surface area contributed by atoms with Gasteiger partial charge < -0.3 is 5.32 Å². The van der Waals surface area contributed by atoms with Crippen LogP contribution in [0.15, 0.2) is 66.9 Å². The summed E-state index contributed by atoms with van der Waals surface area (Å²) in [6, 6.07) is 19.2. The fourth-order valence-electron chi connectivity index (χ4n) is 2.34. The van der Waals surface area contributed by atoms with E-state index in [1.807, 2.05) is 6.07 Å². The van der Waals surface area contributed by atoms with E-state index in [0.29, 0.717) is 5.92 Å². The van der Waals surface area contributed by atoms with E-state index in [2.05, 4.69) is 81.2 Å². The summed E-state index contributed by atoms with van der Waals surface area (Å²) in [6.07, 6.45) is 2.64. The molecule has 2 aromatic carbocycles. The van der Waals surface area contributed by atoms with E-state index in [1.165, 1.54) is 35.2 Å². The summed E-state index contributed by atoms with van der Waals surface area (Å²) in [4.78, 5) is 0. The number of hydrogen-bond donors (Lipinski definition) is 1. The van der Waals surface area contributed by atoms with Crippen LogP contribution in [0.2, 0.25) is 0 Å². The molecule has 1 nitrogen and oxygen atoms in total.